The molecule has 3 heteroatoms. The van der Waals surface area contributed by atoms with Gasteiger partial charge in [0, 0.05) is 5.75 Å². The van der Waals surface area contributed by atoms with Crippen LogP contribution < -0.4 is 0 Å². The van der Waals surface area contributed by atoms with Crippen LogP contribution in [0.2, 0.25) is 0 Å². The van der Waals surface area contributed by atoms with Crippen molar-refractivity contribution in [2.24, 2.45) is 0 Å². The fourth-order valence-electron chi connectivity index (χ4n) is 1.47. The maximum atomic E-state index is 13.5. The van der Waals surface area contributed by atoms with Crippen molar-refractivity contribution in [3.63, 3.8) is 0 Å². The summed E-state index contributed by atoms with van der Waals surface area (Å²) in [6, 6.07) is 5.32. The number of halogens is 1. The molecule has 0 fully saturated rings. The molecule has 0 aliphatic carbocycles. The molecule has 0 heterocycles. The van der Waals surface area contributed by atoms with Crippen LogP contribution in [0.3, 0.4) is 0 Å². The number of thioether (sulfide) groups is 1. The largest absolute Gasteiger partial charge is 0.207 e. The van der Waals surface area contributed by atoms with Gasteiger partial charge in [0.2, 0.25) is 0 Å². The van der Waals surface area contributed by atoms with E-state index in [9.17, 15) is 4.39 Å². The predicted octanol–water partition coefficient (Wildman–Crippen LogP) is 3.84. The SMILES string of the molecule is Cc1ccc(C(C)CCSC#N)c(F)c1. The molecular formula is C12H14FNS. The van der Waals surface area contributed by atoms with Crippen LogP contribution in [0.15, 0.2) is 18.2 Å². The van der Waals surface area contributed by atoms with Crippen molar-refractivity contribution in [3.8, 4) is 5.40 Å². The van der Waals surface area contributed by atoms with Crippen LogP contribution in [-0.4, -0.2) is 5.75 Å². The van der Waals surface area contributed by atoms with Crippen molar-refractivity contribution in [2.45, 2.75) is 26.2 Å². The molecule has 1 atom stereocenters. The summed E-state index contributed by atoms with van der Waals surface area (Å²) in [5, 5.41) is 10.4. The lowest BCUT2D eigenvalue weighted by Gasteiger charge is -2.11. The molecule has 1 rings (SSSR count). The summed E-state index contributed by atoms with van der Waals surface area (Å²) in [6.07, 6.45) is 0.832. The Labute approximate surface area is 94.3 Å². The van der Waals surface area contributed by atoms with E-state index in [0.29, 0.717) is 0 Å². The Kier molecular flexibility index (Phi) is 4.64. The lowest BCUT2D eigenvalue weighted by atomic mass is 9.97. The van der Waals surface area contributed by atoms with Gasteiger partial charge >= 0.3 is 0 Å². The topological polar surface area (TPSA) is 23.8 Å². The van der Waals surface area contributed by atoms with E-state index in [1.165, 1.54) is 11.8 Å². The van der Waals surface area contributed by atoms with Crippen LogP contribution in [0, 0.1) is 23.4 Å². The summed E-state index contributed by atoms with van der Waals surface area (Å²) in [5.41, 5.74) is 1.69. The standard InChI is InChI=1S/C12H14FNS/c1-9-3-4-11(12(13)7-9)10(2)5-6-15-8-14/h3-4,7,10H,5-6H2,1-2H3. The summed E-state index contributed by atoms with van der Waals surface area (Å²) in [4.78, 5) is 0. The van der Waals surface area contributed by atoms with Crippen molar-refractivity contribution in [2.75, 3.05) is 5.75 Å². The van der Waals surface area contributed by atoms with Crippen molar-refractivity contribution < 1.29 is 4.39 Å². The summed E-state index contributed by atoms with van der Waals surface area (Å²) in [7, 11) is 0. The van der Waals surface area contributed by atoms with E-state index in [1.807, 2.05) is 31.4 Å². The van der Waals surface area contributed by atoms with E-state index in [0.717, 1.165) is 23.3 Å². The highest BCUT2D eigenvalue weighted by molar-refractivity contribution is 8.03. The third-order valence-electron chi connectivity index (χ3n) is 2.40. The Bertz CT molecular complexity index is 370. The predicted molar refractivity (Wildman–Crippen MR) is 62.2 cm³/mol. The molecule has 1 aromatic rings. The van der Waals surface area contributed by atoms with Crippen molar-refractivity contribution in [3.05, 3.63) is 35.1 Å². The second-order valence-corrected chi connectivity index (χ2v) is 4.53. The summed E-state index contributed by atoms with van der Waals surface area (Å²) in [6.45, 7) is 3.87. The highest BCUT2D eigenvalue weighted by Gasteiger charge is 2.10. The van der Waals surface area contributed by atoms with E-state index in [2.05, 4.69) is 0 Å². The first kappa shape index (κ1) is 12.1. The van der Waals surface area contributed by atoms with E-state index in [1.54, 1.807) is 6.07 Å². The van der Waals surface area contributed by atoms with Gasteiger partial charge in [0.15, 0.2) is 0 Å². The number of hydrogen-bond acceptors (Lipinski definition) is 2. The van der Waals surface area contributed by atoms with Gasteiger partial charge in [-0.05, 0) is 48.2 Å². The Morgan fingerprint density at radius 2 is 2.27 bits per heavy atom. The minimum atomic E-state index is -0.135. The zero-order valence-corrected chi connectivity index (χ0v) is 9.77. The molecule has 0 bridgehead atoms. The first-order valence-electron chi connectivity index (χ1n) is 4.92. The first-order chi connectivity index (χ1) is 7.15. The number of rotatable bonds is 4. The second-order valence-electron chi connectivity index (χ2n) is 3.65. The number of benzene rings is 1. The number of hydrogen-bond donors (Lipinski definition) is 0. The molecule has 0 spiro atoms. The number of nitriles is 1. The fourth-order valence-corrected chi connectivity index (χ4v) is 2.03. The van der Waals surface area contributed by atoms with Crippen molar-refractivity contribution in [1.82, 2.24) is 0 Å². The Hall–Kier alpha value is -1.01. The Balaban J connectivity index is 2.66. The van der Waals surface area contributed by atoms with Gasteiger partial charge in [-0.1, -0.05) is 19.1 Å². The molecule has 0 amide bonds. The molecule has 1 unspecified atom stereocenters. The van der Waals surface area contributed by atoms with Crippen LogP contribution in [0.1, 0.15) is 30.4 Å². The monoisotopic (exact) mass is 223 g/mol. The second kappa shape index (κ2) is 5.77. The maximum Gasteiger partial charge on any atom is 0.133 e. The average Bonchev–Trinajstić information content (AvgIpc) is 2.17. The molecule has 0 saturated carbocycles. The van der Waals surface area contributed by atoms with Gasteiger partial charge in [-0.3, -0.25) is 0 Å². The number of aryl methyl sites for hydroxylation is 1. The lowest BCUT2D eigenvalue weighted by molar-refractivity contribution is 0.584. The molecule has 1 nitrogen and oxygen atoms in total. The molecule has 0 radical (unpaired) electrons. The molecular weight excluding hydrogens is 209 g/mol. The quantitative estimate of drug-likeness (QED) is 0.572. The summed E-state index contributed by atoms with van der Waals surface area (Å²) in [5.74, 6) is 0.793. The van der Waals surface area contributed by atoms with Gasteiger partial charge in [0.05, 0.1) is 0 Å². The van der Waals surface area contributed by atoms with Gasteiger partial charge < -0.3 is 0 Å². The Morgan fingerprint density at radius 3 is 2.87 bits per heavy atom. The Morgan fingerprint density at radius 1 is 1.53 bits per heavy atom. The van der Waals surface area contributed by atoms with Gasteiger partial charge in [-0.15, -0.1) is 0 Å². The third kappa shape index (κ3) is 3.56. The molecule has 0 aliphatic heterocycles. The van der Waals surface area contributed by atoms with Gasteiger partial charge in [-0.2, -0.15) is 5.26 Å². The summed E-state index contributed by atoms with van der Waals surface area (Å²) < 4.78 is 13.5. The van der Waals surface area contributed by atoms with Gasteiger partial charge in [-0.25, -0.2) is 4.39 Å². The molecule has 15 heavy (non-hydrogen) atoms. The zero-order chi connectivity index (χ0) is 11.3. The zero-order valence-electron chi connectivity index (χ0n) is 8.96. The minimum absolute atomic E-state index is 0.135. The number of nitrogens with zero attached hydrogens (tertiary/aromatic N) is 1. The smallest absolute Gasteiger partial charge is 0.133 e. The molecule has 0 saturated heterocycles. The first-order valence-corrected chi connectivity index (χ1v) is 5.90. The lowest BCUT2D eigenvalue weighted by Crippen LogP contribution is -1.99. The summed E-state index contributed by atoms with van der Waals surface area (Å²) >= 11 is 1.22. The number of thiocyanates is 1. The highest BCUT2D eigenvalue weighted by Crippen LogP contribution is 2.24. The fraction of sp³-hybridized carbons (Fsp3) is 0.417. The average molecular weight is 223 g/mol. The van der Waals surface area contributed by atoms with Crippen LogP contribution in [-0.2, 0) is 0 Å². The van der Waals surface area contributed by atoms with E-state index < -0.39 is 0 Å². The van der Waals surface area contributed by atoms with Crippen molar-refractivity contribution in [1.29, 1.82) is 5.26 Å². The third-order valence-corrected chi connectivity index (χ3v) is 2.97. The highest BCUT2D eigenvalue weighted by atomic mass is 32.2. The van der Waals surface area contributed by atoms with E-state index >= 15 is 0 Å². The minimum Gasteiger partial charge on any atom is -0.207 e. The van der Waals surface area contributed by atoms with Crippen LogP contribution in [0.4, 0.5) is 4.39 Å². The molecule has 1 aromatic carbocycles. The normalized spacial score (nSPS) is 12.1. The van der Waals surface area contributed by atoms with Crippen LogP contribution >= 0.6 is 11.8 Å². The van der Waals surface area contributed by atoms with Crippen molar-refractivity contribution >= 4 is 11.8 Å². The van der Waals surface area contributed by atoms with Gasteiger partial charge in [0.1, 0.15) is 11.2 Å². The van der Waals surface area contributed by atoms with Crippen LogP contribution in [0.5, 0.6) is 0 Å². The van der Waals surface area contributed by atoms with Gasteiger partial charge in [0.25, 0.3) is 0 Å². The molecule has 0 N–H and O–H groups in total. The van der Waals surface area contributed by atoms with E-state index in [4.69, 9.17) is 5.26 Å². The van der Waals surface area contributed by atoms with E-state index in [-0.39, 0.29) is 11.7 Å². The van der Waals surface area contributed by atoms with Crippen LogP contribution in [0.25, 0.3) is 0 Å². The molecule has 0 aliphatic rings. The maximum absolute atomic E-state index is 13.5. The molecule has 0 aromatic heterocycles. The molecule has 80 valence electrons.